The summed E-state index contributed by atoms with van der Waals surface area (Å²) in [6.45, 7) is 0. The lowest BCUT2D eigenvalue weighted by Crippen LogP contribution is -2.13. The number of hydrogen-bond acceptors (Lipinski definition) is 3. The molecule has 2 aromatic rings. The number of anilines is 3. The van der Waals surface area contributed by atoms with Gasteiger partial charge in [-0.25, -0.2) is 4.39 Å². The molecule has 1 aromatic heterocycles. The van der Waals surface area contributed by atoms with E-state index >= 15 is 0 Å². The second-order valence-electron chi connectivity index (χ2n) is 3.44. The van der Waals surface area contributed by atoms with E-state index in [0.717, 1.165) is 5.69 Å². The Labute approximate surface area is 93.3 Å². The van der Waals surface area contributed by atoms with E-state index in [9.17, 15) is 4.39 Å². The zero-order valence-electron chi connectivity index (χ0n) is 8.89. The second kappa shape index (κ2) is 4.18. The van der Waals surface area contributed by atoms with Crippen LogP contribution in [0.2, 0.25) is 0 Å². The first-order chi connectivity index (χ1) is 7.70. The molecule has 2 rings (SSSR count). The third-order valence-electron chi connectivity index (χ3n) is 2.40. The Morgan fingerprint density at radius 2 is 1.88 bits per heavy atom. The van der Waals surface area contributed by atoms with E-state index in [1.807, 2.05) is 0 Å². The summed E-state index contributed by atoms with van der Waals surface area (Å²) in [5, 5.41) is 0. The van der Waals surface area contributed by atoms with Crippen LogP contribution in [-0.2, 0) is 0 Å². The Balaban J connectivity index is 2.46. The van der Waals surface area contributed by atoms with E-state index in [0.29, 0.717) is 11.4 Å². The summed E-state index contributed by atoms with van der Waals surface area (Å²) in [5.41, 5.74) is 7.40. The van der Waals surface area contributed by atoms with E-state index in [-0.39, 0.29) is 5.82 Å². The smallest absolute Gasteiger partial charge is 0.148 e. The summed E-state index contributed by atoms with van der Waals surface area (Å²) < 4.78 is 13.6. The summed E-state index contributed by atoms with van der Waals surface area (Å²) in [4.78, 5) is 5.62. The molecule has 16 heavy (non-hydrogen) atoms. The molecule has 0 atom stereocenters. The molecule has 0 fully saturated rings. The van der Waals surface area contributed by atoms with Gasteiger partial charge >= 0.3 is 0 Å². The normalized spacial score (nSPS) is 10.1. The van der Waals surface area contributed by atoms with Crippen LogP contribution in [0, 0.1) is 5.82 Å². The molecule has 0 amide bonds. The third-order valence-corrected chi connectivity index (χ3v) is 2.40. The van der Waals surface area contributed by atoms with Gasteiger partial charge in [0, 0.05) is 25.1 Å². The van der Waals surface area contributed by atoms with E-state index in [1.165, 1.54) is 6.07 Å². The molecule has 2 N–H and O–H groups in total. The van der Waals surface area contributed by atoms with Crippen molar-refractivity contribution in [1.29, 1.82) is 0 Å². The van der Waals surface area contributed by atoms with Gasteiger partial charge in [-0.3, -0.25) is 4.98 Å². The van der Waals surface area contributed by atoms with Crippen LogP contribution in [0.15, 0.2) is 42.7 Å². The van der Waals surface area contributed by atoms with Gasteiger partial charge in [0.05, 0.1) is 5.69 Å². The molecule has 0 unspecified atom stereocenters. The van der Waals surface area contributed by atoms with Crippen LogP contribution in [0.5, 0.6) is 0 Å². The van der Waals surface area contributed by atoms with Gasteiger partial charge in [0.2, 0.25) is 0 Å². The third kappa shape index (κ3) is 1.82. The number of benzene rings is 1. The monoisotopic (exact) mass is 217 g/mol. The largest absolute Gasteiger partial charge is 0.397 e. The number of nitrogen functional groups attached to an aromatic ring is 1. The Kier molecular flexibility index (Phi) is 2.72. The average molecular weight is 217 g/mol. The standard InChI is InChI=1S/C12H12FN3/c1-16(9-5-7-15-8-6-9)12-10(13)3-2-4-11(12)14/h2-8H,14H2,1H3. The molecule has 1 heterocycles. The van der Waals surface area contributed by atoms with Gasteiger partial charge in [-0.2, -0.15) is 0 Å². The van der Waals surface area contributed by atoms with Crippen molar-refractivity contribution in [2.45, 2.75) is 0 Å². The van der Waals surface area contributed by atoms with Crippen LogP contribution in [-0.4, -0.2) is 12.0 Å². The van der Waals surface area contributed by atoms with Crippen LogP contribution in [0.25, 0.3) is 0 Å². The molecular formula is C12H12FN3. The SMILES string of the molecule is CN(c1ccncc1)c1c(N)cccc1F. The molecule has 0 saturated heterocycles. The van der Waals surface area contributed by atoms with Gasteiger partial charge in [0.25, 0.3) is 0 Å². The number of para-hydroxylation sites is 1. The first-order valence-electron chi connectivity index (χ1n) is 4.88. The summed E-state index contributed by atoms with van der Waals surface area (Å²) in [6, 6.07) is 8.26. The number of rotatable bonds is 2. The number of nitrogens with two attached hydrogens (primary N) is 1. The van der Waals surface area contributed by atoms with E-state index in [4.69, 9.17) is 5.73 Å². The molecule has 0 aliphatic heterocycles. The van der Waals surface area contributed by atoms with Crippen molar-refractivity contribution in [1.82, 2.24) is 4.98 Å². The van der Waals surface area contributed by atoms with Crippen molar-refractivity contribution >= 4 is 17.1 Å². The number of pyridine rings is 1. The van der Waals surface area contributed by atoms with Crippen LogP contribution in [0.3, 0.4) is 0 Å². The maximum absolute atomic E-state index is 13.6. The lowest BCUT2D eigenvalue weighted by molar-refractivity contribution is 0.628. The minimum atomic E-state index is -0.334. The molecule has 0 spiro atoms. The van der Waals surface area contributed by atoms with Gasteiger partial charge in [-0.15, -0.1) is 0 Å². The Morgan fingerprint density at radius 3 is 2.50 bits per heavy atom. The fraction of sp³-hybridized carbons (Fsp3) is 0.0833. The lowest BCUT2D eigenvalue weighted by Gasteiger charge is -2.21. The summed E-state index contributed by atoms with van der Waals surface area (Å²) in [5.74, 6) is -0.334. The molecule has 0 bridgehead atoms. The topological polar surface area (TPSA) is 42.2 Å². The quantitative estimate of drug-likeness (QED) is 0.786. The minimum absolute atomic E-state index is 0.334. The first-order valence-corrected chi connectivity index (χ1v) is 4.88. The van der Waals surface area contributed by atoms with Crippen LogP contribution in [0.1, 0.15) is 0 Å². The number of aromatic nitrogens is 1. The van der Waals surface area contributed by atoms with Crippen LogP contribution < -0.4 is 10.6 Å². The van der Waals surface area contributed by atoms with Crippen molar-refractivity contribution in [3.63, 3.8) is 0 Å². The zero-order chi connectivity index (χ0) is 11.5. The maximum atomic E-state index is 13.6. The van der Waals surface area contributed by atoms with Crippen molar-refractivity contribution in [2.75, 3.05) is 17.7 Å². The molecule has 82 valence electrons. The van der Waals surface area contributed by atoms with Crippen molar-refractivity contribution < 1.29 is 4.39 Å². The zero-order valence-corrected chi connectivity index (χ0v) is 8.89. The number of nitrogens with zero attached hydrogens (tertiary/aromatic N) is 2. The Bertz CT molecular complexity index is 465. The molecular weight excluding hydrogens is 205 g/mol. The molecule has 0 radical (unpaired) electrons. The van der Waals surface area contributed by atoms with Gasteiger partial charge in [-0.05, 0) is 24.3 Å². The summed E-state index contributed by atoms with van der Waals surface area (Å²) in [7, 11) is 1.77. The highest BCUT2D eigenvalue weighted by atomic mass is 19.1. The highest BCUT2D eigenvalue weighted by Crippen LogP contribution is 2.30. The van der Waals surface area contributed by atoms with E-state index in [2.05, 4.69) is 4.98 Å². The molecule has 1 aromatic carbocycles. The fourth-order valence-electron chi connectivity index (χ4n) is 1.58. The summed E-state index contributed by atoms with van der Waals surface area (Å²) in [6.07, 6.45) is 3.31. The maximum Gasteiger partial charge on any atom is 0.148 e. The van der Waals surface area contributed by atoms with Crippen LogP contribution >= 0.6 is 0 Å². The Hall–Kier alpha value is -2.10. The van der Waals surface area contributed by atoms with Crippen molar-refractivity contribution in [2.24, 2.45) is 0 Å². The highest BCUT2D eigenvalue weighted by molar-refractivity contribution is 5.74. The second-order valence-corrected chi connectivity index (χ2v) is 3.44. The predicted octanol–water partition coefficient (Wildman–Crippen LogP) is 2.57. The molecule has 3 nitrogen and oxygen atoms in total. The number of hydrogen-bond donors (Lipinski definition) is 1. The van der Waals surface area contributed by atoms with E-state index < -0.39 is 0 Å². The van der Waals surface area contributed by atoms with Gasteiger partial charge in [0.15, 0.2) is 0 Å². The lowest BCUT2D eigenvalue weighted by atomic mass is 10.2. The van der Waals surface area contributed by atoms with Crippen molar-refractivity contribution in [3.05, 3.63) is 48.5 Å². The fourth-order valence-corrected chi connectivity index (χ4v) is 1.58. The average Bonchev–Trinajstić information content (AvgIpc) is 2.30. The predicted molar refractivity (Wildman–Crippen MR) is 63.1 cm³/mol. The Morgan fingerprint density at radius 1 is 1.19 bits per heavy atom. The molecule has 0 aliphatic rings. The highest BCUT2D eigenvalue weighted by Gasteiger charge is 2.12. The molecule has 0 saturated carbocycles. The first kappa shape index (κ1) is 10.4. The van der Waals surface area contributed by atoms with Crippen molar-refractivity contribution in [3.8, 4) is 0 Å². The van der Waals surface area contributed by atoms with E-state index in [1.54, 1.807) is 48.6 Å². The van der Waals surface area contributed by atoms with Crippen LogP contribution in [0.4, 0.5) is 21.5 Å². The van der Waals surface area contributed by atoms with Gasteiger partial charge < -0.3 is 10.6 Å². The van der Waals surface area contributed by atoms with Gasteiger partial charge in [-0.1, -0.05) is 6.07 Å². The molecule has 4 heteroatoms. The molecule has 0 aliphatic carbocycles. The summed E-state index contributed by atoms with van der Waals surface area (Å²) >= 11 is 0. The number of halogens is 1. The minimum Gasteiger partial charge on any atom is -0.397 e. The van der Waals surface area contributed by atoms with Gasteiger partial charge in [0.1, 0.15) is 11.5 Å².